The van der Waals surface area contributed by atoms with Crippen LogP contribution in [0.5, 0.6) is 0 Å². The van der Waals surface area contributed by atoms with Crippen LogP contribution in [0.4, 0.5) is 5.82 Å². The number of piperidine rings is 1. The van der Waals surface area contributed by atoms with E-state index in [0.29, 0.717) is 0 Å². The monoisotopic (exact) mass is 368 g/mol. The number of carbonyl (C=O) groups is 1. The molecule has 2 aliphatic rings. The second-order valence-corrected chi connectivity index (χ2v) is 7.32. The fraction of sp³-hybridized carbons (Fsp3) is 0.550. The van der Waals surface area contributed by atoms with Crippen molar-refractivity contribution >= 4 is 11.7 Å². The van der Waals surface area contributed by atoms with Crippen LogP contribution in [-0.4, -0.2) is 85.0 Å². The van der Waals surface area contributed by atoms with Crippen LogP contribution in [0, 0.1) is 11.3 Å². The molecule has 3 rings (SSSR count). The van der Waals surface area contributed by atoms with E-state index in [1.807, 2.05) is 25.2 Å². The number of rotatable bonds is 4. The Labute approximate surface area is 161 Å². The summed E-state index contributed by atoms with van der Waals surface area (Å²) in [5.74, 6) is 0.805. The molecule has 0 unspecified atom stereocenters. The van der Waals surface area contributed by atoms with Gasteiger partial charge in [0.2, 0.25) is 0 Å². The Hall–Kier alpha value is -2.59. The van der Waals surface area contributed by atoms with Crippen LogP contribution in [0.3, 0.4) is 0 Å². The number of amides is 1. The van der Waals surface area contributed by atoms with Crippen LogP contribution < -0.4 is 4.90 Å². The highest BCUT2D eigenvalue weighted by Gasteiger charge is 2.26. The Morgan fingerprint density at radius 3 is 2.52 bits per heavy atom. The minimum atomic E-state index is -0.167. The van der Waals surface area contributed by atoms with E-state index in [1.54, 1.807) is 17.3 Å². The van der Waals surface area contributed by atoms with Gasteiger partial charge in [-0.3, -0.25) is 4.79 Å². The molecule has 7 nitrogen and oxygen atoms in total. The van der Waals surface area contributed by atoms with Crippen molar-refractivity contribution in [2.24, 2.45) is 0 Å². The van der Waals surface area contributed by atoms with Gasteiger partial charge >= 0.3 is 0 Å². The maximum atomic E-state index is 12.8. The predicted molar refractivity (Wildman–Crippen MR) is 105 cm³/mol. The number of hydrogen-bond donors (Lipinski definition) is 0. The van der Waals surface area contributed by atoms with Gasteiger partial charge in [-0.05, 0) is 45.1 Å². The molecule has 0 aliphatic carbocycles. The first-order valence-corrected chi connectivity index (χ1v) is 9.56. The molecule has 0 radical (unpaired) electrons. The summed E-state index contributed by atoms with van der Waals surface area (Å²) in [5, 5.41) is 9.53. The lowest BCUT2D eigenvalue weighted by atomic mass is 10.0. The Kier molecular flexibility index (Phi) is 6.30. The third-order valence-corrected chi connectivity index (χ3v) is 5.51. The van der Waals surface area contributed by atoms with Gasteiger partial charge in [0, 0.05) is 51.7 Å². The molecule has 0 aromatic carbocycles. The van der Waals surface area contributed by atoms with Crippen LogP contribution in [0.2, 0.25) is 0 Å². The lowest BCUT2D eigenvalue weighted by Crippen LogP contribution is -2.46. The molecule has 0 spiro atoms. The molecule has 0 bridgehead atoms. The second-order valence-electron chi connectivity index (χ2n) is 7.32. The van der Waals surface area contributed by atoms with Crippen LogP contribution in [0.25, 0.3) is 0 Å². The second kappa shape index (κ2) is 8.87. The molecule has 2 saturated heterocycles. The smallest absolute Gasteiger partial charge is 0.265 e. The predicted octanol–water partition coefficient (Wildman–Crippen LogP) is 1.16. The number of pyridine rings is 1. The Balaban J connectivity index is 1.58. The fourth-order valence-corrected chi connectivity index (χ4v) is 3.67. The zero-order valence-electron chi connectivity index (χ0n) is 16.2. The zero-order chi connectivity index (χ0) is 19.2. The minimum Gasteiger partial charge on any atom is -0.373 e. The first-order valence-electron chi connectivity index (χ1n) is 9.56. The quantitative estimate of drug-likeness (QED) is 0.587. The highest BCUT2D eigenvalue weighted by atomic mass is 16.2. The molecule has 144 valence electrons. The number of hydrogen-bond acceptors (Lipinski definition) is 6. The van der Waals surface area contributed by atoms with Crippen LogP contribution in [0.15, 0.2) is 36.2 Å². The lowest BCUT2D eigenvalue weighted by Gasteiger charge is -2.36. The van der Waals surface area contributed by atoms with Gasteiger partial charge in [0.1, 0.15) is 17.5 Å². The number of likely N-dealkylation sites (N-methyl/N-ethyl adjacent to an activating group) is 1. The molecule has 2 fully saturated rings. The highest BCUT2D eigenvalue weighted by Crippen LogP contribution is 2.17. The zero-order valence-corrected chi connectivity index (χ0v) is 16.2. The number of nitrogens with zero attached hydrogens (tertiary/aromatic N) is 6. The molecule has 0 atom stereocenters. The third-order valence-electron chi connectivity index (χ3n) is 5.51. The number of piperazine rings is 1. The van der Waals surface area contributed by atoms with E-state index in [1.165, 1.54) is 0 Å². The van der Waals surface area contributed by atoms with Gasteiger partial charge in [0.05, 0.1) is 0 Å². The summed E-state index contributed by atoms with van der Waals surface area (Å²) in [6, 6.07) is 8.23. The first kappa shape index (κ1) is 19.2. The Morgan fingerprint density at radius 1 is 1.22 bits per heavy atom. The van der Waals surface area contributed by atoms with Crippen LogP contribution in [0.1, 0.15) is 12.8 Å². The topological polar surface area (TPSA) is 66.7 Å². The van der Waals surface area contributed by atoms with Crippen molar-refractivity contribution in [3.05, 3.63) is 36.2 Å². The van der Waals surface area contributed by atoms with Crippen molar-refractivity contribution in [3.8, 4) is 6.07 Å². The molecular formula is C20H28N6O. The van der Waals surface area contributed by atoms with Crippen molar-refractivity contribution in [1.82, 2.24) is 19.7 Å². The molecule has 0 saturated carbocycles. The van der Waals surface area contributed by atoms with E-state index < -0.39 is 0 Å². The standard InChI is InChI=1S/C20H28N6O/c1-23-9-6-18(7-10-23)24(2)20(27)17(15-21)16-25-11-13-26(14-12-25)19-5-3-4-8-22-19/h3-5,8,16,18H,6-7,9-14H2,1-2H3/b17-16-. The van der Waals surface area contributed by atoms with E-state index >= 15 is 0 Å². The lowest BCUT2D eigenvalue weighted by molar-refractivity contribution is -0.128. The summed E-state index contributed by atoms with van der Waals surface area (Å²) in [5.41, 5.74) is 0.225. The summed E-state index contributed by atoms with van der Waals surface area (Å²) in [4.78, 5) is 25.5. The molecule has 1 aromatic rings. The molecule has 27 heavy (non-hydrogen) atoms. The normalized spacial score (nSPS) is 19.7. The third kappa shape index (κ3) is 4.77. The maximum Gasteiger partial charge on any atom is 0.265 e. The van der Waals surface area contributed by atoms with E-state index in [2.05, 4.69) is 32.8 Å². The van der Waals surface area contributed by atoms with Gasteiger partial charge < -0.3 is 19.6 Å². The van der Waals surface area contributed by atoms with Crippen molar-refractivity contribution in [2.45, 2.75) is 18.9 Å². The molecule has 2 aliphatic heterocycles. The number of aromatic nitrogens is 1. The maximum absolute atomic E-state index is 12.8. The van der Waals surface area contributed by atoms with Gasteiger partial charge in [0.15, 0.2) is 0 Å². The van der Waals surface area contributed by atoms with Crippen LogP contribution >= 0.6 is 0 Å². The van der Waals surface area contributed by atoms with E-state index in [4.69, 9.17) is 0 Å². The van der Waals surface area contributed by atoms with Gasteiger partial charge in [0.25, 0.3) is 5.91 Å². The number of nitriles is 1. The Morgan fingerprint density at radius 2 is 1.93 bits per heavy atom. The molecule has 7 heteroatoms. The van der Waals surface area contributed by atoms with Crippen molar-refractivity contribution in [2.75, 3.05) is 58.3 Å². The number of anilines is 1. The van der Waals surface area contributed by atoms with Gasteiger partial charge in [-0.1, -0.05) is 6.07 Å². The molecular weight excluding hydrogens is 340 g/mol. The average molecular weight is 368 g/mol. The molecule has 1 amide bonds. The summed E-state index contributed by atoms with van der Waals surface area (Å²) in [6.07, 6.45) is 5.46. The summed E-state index contributed by atoms with van der Waals surface area (Å²) < 4.78 is 0. The largest absolute Gasteiger partial charge is 0.373 e. The van der Waals surface area contributed by atoms with E-state index in [0.717, 1.165) is 57.9 Å². The molecule has 3 heterocycles. The van der Waals surface area contributed by atoms with Crippen LogP contribution in [-0.2, 0) is 4.79 Å². The van der Waals surface area contributed by atoms with Crippen molar-refractivity contribution < 1.29 is 4.79 Å². The average Bonchev–Trinajstić information content (AvgIpc) is 2.72. The summed E-state index contributed by atoms with van der Waals surface area (Å²) in [6.45, 7) is 5.17. The van der Waals surface area contributed by atoms with E-state index in [-0.39, 0.29) is 17.5 Å². The fourth-order valence-electron chi connectivity index (χ4n) is 3.67. The summed E-state index contributed by atoms with van der Waals surface area (Å²) >= 11 is 0. The highest BCUT2D eigenvalue weighted by molar-refractivity contribution is 5.97. The van der Waals surface area contributed by atoms with Gasteiger partial charge in [-0.2, -0.15) is 5.26 Å². The van der Waals surface area contributed by atoms with E-state index in [9.17, 15) is 10.1 Å². The first-order chi connectivity index (χ1) is 13.1. The van der Waals surface area contributed by atoms with Gasteiger partial charge in [-0.15, -0.1) is 0 Å². The summed E-state index contributed by atoms with van der Waals surface area (Å²) in [7, 11) is 3.92. The van der Waals surface area contributed by atoms with Crippen molar-refractivity contribution in [1.29, 1.82) is 5.26 Å². The molecule has 1 aromatic heterocycles. The number of likely N-dealkylation sites (tertiary alicyclic amines) is 1. The molecule has 0 N–H and O–H groups in total. The van der Waals surface area contributed by atoms with Crippen molar-refractivity contribution in [3.63, 3.8) is 0 Å². The minimum absolute atomic E-state index is 0.167. The number of carbonyl (C=O) groups excluding carboxylic acids is 1. The van der Waals surface area contributed by atoms with Gasteiger partial charge in [-0.25, -0.2) is 4.98 Å². The Bertz CT molecular complexity index is 697. The SMILES string of the molecule is CN1CCC(N(C)C(=O)/C(C#N)=C\N2CCN(c3ccccn3)CC2)CC1.